The van der Waals surface area contributed by atoms with E-state index < -0.39 is 66.1 Å². The molecular weight excluding hydrogens is 510 g/mol. The molecule has 0 radical (unpaired) electrons. The maximum atomic E-state index is 13.3. The van der Waals surface area contributed by atoms with Gasteiger partial charge < -0.3 is 42.6 Å². The number of carboxylic acid groups (broad SMARTS) is 1. The van der Waals surface area contributed by atoms with Crippen molar-refractivity contribution in [2.24, 2.45) is 17.4 Å². The third-order valence-corrected chi connectivity index (χ3v) is 6.16. The van der Waals surface area contributed by atoms with Gasteiger partial charge in [-0.15, -0.1) is 0 Å². The topological polar surface area (TPSA) is 243 Å². The minimum Gasteiger partial charge on any atom is -0.508 e. The Kier molecular flexibility index (Phi) is 11.4. The van der Waals surface area contributed by atoms with Crippen LogP contribution in [0.15, 0.2) is 36.8 Å². The van der Waals surface area contributed by atoms with Crippen molar-refractivity contribution in [3.05, 3.63) is 48.0 Å². The number of benzene rings is 1. The average molecular weight is 546 g/mol. The first-order chi connectivity index (χ1) is 18.4. The highest BCUT2D eigenvalue weighted by Crippen LogP contribution is 2.13. The van der Waals surface area contributed by atoms with Crippen LogP contribution in [0.2, 0.25) is 0 Å². The van der Waals surface area contributed by atoms with Gasteiger partial charge >= 0.3 is 5.97 Å². The Hall–Kier alpha value is -4.46. The lowest BCUT2D eigenvalue weighted by Gasteiger charge is -2.26. The summed E-state index contributed by atoms with van der Waals surface area (Å²) >= 11 is 0. The second-order valence-corrected chi connectivity index (χ2v) is 9.26. The zero-order chi connectivity index (χ0) is 29.1. The third-order valence-electron chi connectivity index (χ3n) is 6.16. The van der Waals surface area contributed by atoms with Crippen molar-refractivity contribution >= 4 is 29.6 Å². The molecule has 0 bridgehead atoms. The van der Waals surface area contributed by atoms with Crippen LogP contribution in [0.4, 0.5) is 0 Å². The summed E-state index contributed by atoms with van der Waals surface area (Å²) in [6, 6.07) is 0.842. The van der Waals surface area contributed by atoms with E-state index in [0.29, 0.717) is 17.7 Å². The molecule has 0 saturated carbocycles. The fraction of sp³-hybridized carbons (Fsp3) is 0.440. The number of phenols is 1. The third kappa shape index (κ3) is 9.74. The van der Waals surface area contributed by atoms with Gasteiger partial charge in [0.15, 0.2) is 0 Å². The number of nitrogens with zero attached hydrogens (tertiary/aromatic N) is 1. The molecule has 14 nitrogen and oxygen atoms in total. The highest BCUT2D eigenvalue weighted by molar-refractivity contribution is 5.96. The number of carbonyl (C=O) groups excluding carboxylic acids is 4. The molecule has 0 aliphatic carbocycles. The molecule has 10 N–H and O–H groups in total. The number of aromatic amines is 1. The quantitative estimate of drug-likeness (QED) is 0.132. The lowest BCUT2D eigenvalue weighted by Crippen LogP contribution is -2.59. The van der Waals surface area contributed by atoms with Gasteiger partial charge in [-0.05, 0) is 23.6 Å². The first-order valence-electron chi connectivity index (χ1n) is 12.3. The van der Waals surface area contributed by atoms with Crippen LogP contribution in [0.1, 0.15) is 37.9 Å². The SMILES string of the molecule is CCC(C)C(NC(=O)C(CC(N)=O)NC(=O)C(Cc1ccc(O)cc1)NC(=O)C(N)Cc1cnc[nH]1)C(=O)O. The number of amides is 4. The summed E-state index contributed by atoms with van der Waals surface area (Å²) < 4.78 is 0. The first kappa shape index (κ1) is 30.8. The number of H-pyrrole nitrogens is 1. The van der Waals surface area contributed by atoms with E-state index in [0.717, 1.165) is 0 Å². The summed E-state index contributed by atoms with van der Waals surface area (Å²) in [5, 5.41) is 26.4. The highest BCUT2D eigenvalue weighted by Gasteiger charge is 2.33. The minimum atomic E-state index is -1.50. The van der Waals surface area contributed by atoms with Crippen molar-refractivity contribution in [2.75, 3.05) is 0 Å². The van der Waals surface area contributed by atoms with E-state index in [1.807, 2.05) is 0 Å². The lowest BCUT2D eigenvalue weighted by atomic mass is 9.98. The van der Waals surface area contributed by atoms with Gasteiger partial charge in [-0.3, -0.25) is 19.2 Å². The van der Waals surface area contributed by atoms with Gasteiger partial charge in [0.05, 0.1) is 18.8 Å². The number of carboxylic acids is 1. The van der Waals surface area contributed by atoms with Crippen LogP contribution < -0.4 is 27.4 Å². The molecule has 0 aliphatic rings. The molecule has 5 unspecified atom stereocenters. The van der Waals surface area contributed by atoms with Crippen molar-refractivity contribution in [3.8, 4) is 5.75 Å². The van der Waals surface area contributed by atoms with E-state index in [-0.39, 0.29) is 18.6 Å². The molecule has 39 heavy (non-hydrogen) atoms. The van der Waals surface area contributed by atoms with E-state index in [2.05, 4.69) is 25.9 Å². The van der Waals surface area contributed by atoms with Crippen LogP contribution in [0, 0.1) is 5.92 Å². The number of phenolic OH excluding ortho intramolecular Hbond substituents is 1. The van der Waals surface area contributed by atoms with Crippen molar-refractivity contribution in [1.29, 1.82) is 0 Å². The Morgan fingerprint density at radius 3 is 2.13 bits per heavy atom. The van der Waals surface area contributed by atoms with E-state index in [4.69, 9.17) is 11.5 Å². The van der Waals surface area contributed by atoms with Gasteiger partial charge in [-0.25, -0.2) is 9.78 Å². The summed E-state index contributed by atoms with van der Waals surface area (Å²) in [4.78, 5) is 69.1. The number of aromatic nitrogens is 2. The molecule has 0 spiro atoms. The molecular formula is C25H35N7O7. The summed E-state index contributed by atoms with van der Waals surface area (Å²) in [7, 11) is 0. The highest BCUT2D eigenvalue weighted by atomic mass is 16.4. The Bertz CT molecular complexity index is 1140. The molecule has 0 aliphatic heterocycles. The maximum absolute atomic E-state index is 13.3. The molecule has 4 amide bonds. The predicted octanol–water partition coefficient (Wildman–Crippen LogP) is -1.31. The van der Waals surface area contributed by atoms with Crippen molar-refractivity contribution in [2.45, 2.75) is 63.7 Å². The predicted molar refractivity (Wildman–Crippen MR) is 139 cm³/mol. The van der Waals surface area contributed by atoms with E-state index in [9.17, 15) is 34.2 Å². The Morgan fingerprint density at radius 1 is 0.974 bits per heavy atom. The summed E-state index contributed by atoms with van der Waals surface area (Å²) in [6.45, 7) is 3.39. The monoisotopic (exact) mass is 545 g/mol. The average Bonchev–Trinajstić information content (AvgIpc) is 3.39. The molecule has 2 aromatic rings. The second-order valence-electron chi connectivity index (χ2n) is 9.26. The van der Waals surface area contributed by atoms with Crippen LogP contribution in [-0.4, -0.2) is 73.9 Å². The van der Waals surface area contributed by atoms with Gasteiger partial charge in [0, 0.05) is 24.7 Å². The summed E-state index contributed by atoms with van der Waals surface area (Å²) in [5.74, 6) is -5.03. The fourth-order valence-corrected chi connectivity index (χ4v) is 3.70. The lowest BCUT2D eigenvalue weighted by molar-refractivity contribution is -0.144. The molecule has 1 aromatic carbocycles. The normalized spacial score (nSPS) is 14.7. The molecule has 5 atom stereocenters. The molecule has 1 aromatic heterocycles. The largest absolute Gasteiger partial charge is 0.508 e. The Labute approximate surface area is 224 Å². The van der Waals surface area contributed by atoms with Gasteiger partial charge in [0.25, 0.3) is 0 Å². The van der Waals surface area contributed by atoms with Crippen molar-refractivity contribution in [1.82, 2.24) is 25.9 Å². The minimum absolute atomic E-state index is 0.00199. The molecule has 14 heteroatoms. The van der Waals surface area contributed by atoms with Crippen molar-refractivity contribution < 1.29 is 34.2 Å². The van der Waals surface area contributed by atoms with Gasteiger partial charge in [-0.2, -0.15) is 0 Å². The van der Waals surface area contributed by atoms with Crippen LogP contribution in [-0.2, 0) is 36.8 Å². The number of nitrogens with two attached hydrogens (primary N) is 2. The summed E-state index contributed by atoms with van der Waals surface area (Å²) in [6.07, 6.45) is 2.83. The number of imidazole rings is 1. The smallest absolute Gasteiger partial charge is 0.326 e. The number of primary amides is 1. The molecule has 212 valence electrons. The second kappa shape index (κ2) is 14.5. The summed E-state index contributed by atoms with van der Waals surface area (Å²) in [5.41, 5.74) is 12.4. The molecule has 0 saturated heterocycles. The van der Waals surface area contributed by atoms with Crippen LogP contribution in [0.3, 0.4) is 0 Å². The van der Waals surface area contributed by atoms with E-state index >= 15 is 0 Å². The van der Waals surface area contributed by atoms with Crippen LogP contribution in [0.5, 0.6) is 5.75 Å². The standard InChI is InChI=1S/C25H35N7O7/c1-3-13(2)21(25(38)39)32-24(37)19(10-20(27)34)31-23(36)18(8-14-4-6-16(33)7-5-14)30-22(35)17(26)9-15-11-28-12-29-15/h4-7,11-13,17-19,21,33H,3,8-10,26H2,1-2H3,(H2,27,34)(H,28,29)(H,30,35)(H,31,36)(H,32,37)(H,38,39). The fourth-order valence-electron chi connectivity index (χ4n) is 3.70. The van der Waals surface area contributed by atoms with Crippen LogP contribution in [0.25, 0.3) is 0 Å². The number of hydrogen-bond acceptors (Lipinski definition) is 8. The Morgan fingerprint density at radius 2 is 1.59 bits per heavy atom. The number of aliphatic carboxylic acids is 1. The maximum Gasteiger partial charge on any atom is 0.326 e. The van der Waals surface area contributed by atoms with Gasteiger partial charge in [-0.1, -0.05) is 32.4 Å². The number of nitrogens with one attached hydrogen (secondary N) is 4. The van der Waals surface area contributed by atoms with E-state index in [1.165, 1.54) is 24.7 Å². The van der Waals surface area contributed by atoms with Crippen molar-refractivity contribution in [3.63, 3.8) is 0 Å². The number of carbonyl (C=O) groups is 5. The van der Waals surface area contributed by atoms with Gasteiger partial charge in [0.2, 0.25) is 23.6 Å². The molecule has 2 rings (SSSR count). The zero-order valence-electron chi connectivity index (χ0n) is 21.7. The zero-order valence-corrected chi connectivity index (χ0v) is 21.7. The first-order valence-corrected chi connectivity index (χ1v) is 12.3. The number of aromatic hydroxyl groups is 1. The van der Waals surface area contributed by atoms with Gasteiger partial charge in [0.1, 0.15) is 23.9 Å². The molecule has 0 fully saturated rings. The van der Waals surface area contributed by atoms with E-state index in [1.54, 1.807) is 26.0 Å². The number of rotatable bonds is 15. The van der Waals surface area contributed by atoms with Crippen LogP contribution >= 0.6 is 0 Å². The molecule has 1 heterocycles. The number of hydrogen-bond donors (Lipinski definition) is 8. The Balaban J connectivity index is 2.24.